The Labute approximate surface area is 132 Å². The van der Waals surface area contributed by atoms with Gasteiger partial charge in [-0.25, -0.2) is 9.18 Å². The number of aromatic carboxylic acids is 1. The minimum absolute atomic E-state index is 0.0322. The van der Waals surface area contributed by atoms with Crippen molar-refractivity contribution in [2.75, 3.05) is 6.61 Å². The van der Waals surface area contributed by atoms with Crippen LogP contribution in [0, 0.1) is 5.82 Å². The van der Waals surface area contributed by atoms with E-state index in [1.54, 1.807) is 13.0 Å². The summed E-state index contributed by atoms with van der Waals surface area (Å²) in [6.07, 6.45) is 0. The van der Waals surface area contributed by atoms with Gasteiger partial charge in [0.05, 0.1) is 12.2 Å². The number of carbonyl (C=O) groups is 2. The fraction of sp³-hybridized carbons (Fsp3) is 0.176. The van der Waals surface area contributed by atoms with E-state index < -0.39 is 17.7 Å². The summed E-state index contributed by atoms with van der Waals surface area (Å²) in [4.78, 5) is 22.9. The van der Waals surface area contributed by atoms with Gasteiger partial charge in [0, 0.05) is 12.1 Å². The molecule has 0 spiro atoms. The first kappa shape index (κ1) is 16.5. The van der Waals surface area contributed by atoms with Crippen LogP contribution in [0.25, 0.3) is 0 Å². The van der Waals surface area contributed by atoms with E-state index in [1.807, 2.05) is 0 Å². The van der Waals surface area contributed by atoms with Gasteiger partial charge in [0.25, 0.3) is 5.91 Å². The van der Waals surface area contributed by atoms with Crippen LogP contribution in [0.15, 0.2) is 42.5 Å². The maximum atomic E-state index is 13.7. The Bertz CT molecular complexity index is 730. The summed E-state index contributed by atoms with van der Waals surface area (Å²) in [5, 5.41) is 11.5. The first-order chi connectivity index (χ1) is 11.0. The van der Waals surface area contributed by atoms with Crippen LogP contribution in [0.2, 0.25) is 0 Å². The molecule has 2 aromatic rings. The van der Waals surface area contributed by atoms with Crippen molar-refractivity contribution in [1.29, 1.82) is 0 Å². The molecule has 0 radical (unpaired) electrons. The second-order valence-electron chi connectivity index (χ2n) is 4.77. The molecule has 0 heterocycles. The summed E-state index contributed by atoms with van der Waals surface area (Å²) in [6, 6.07) is 10.2. The van der Waals surface area contributed by atoms with Crippen molar-refractivity contribution in [3.05, 3.63) is 65.0 Å². The summed E-state index contributed by atoms with van der Waals surface area (Å²) < 4.78 is 18.8. The number of nitrogens with one attached hydrogen (secondary N) is 1. The number of carboxylic acid groups (broad SMARTS) is 1. The molecule has 5 nitrogen and oxygen atoms in total. The Kier molecular flexibility index (Phi) is 5.30. The molecule has 0 atom stereocenters. The fourth-order valence-electron chi connectivity index (χ4n) is 2.00. The summed E-state index contributed by atoms with van der Waals surface area (Å²) in [7, 11) is 0. The largest absolute Gasteiger partial charge is 0.491 e. The third-order valence-electron chi connectivity index (χ3n) is 3.12. The van der Waals surface area contributed by atoms with E-state index in [-0.39, 0.29) is 23.4 Å². The highest BCUT2D eigenvalue weighted by atomic mass is 19.1. The van der Waals surface area contributed by atoms with E-state index in [9.17, 15) is 14.0 Å². The molecule has 2 aromatic carbocycles. The second-order valence-corrected chi connectivity index (χ2v) is 4.77. The summed E-state index contributed by atoms with van der Waals surface area (Å²) in [5.41, 5.74) is 0.842. The molecule has 2 N–H and O–H groups in total. The van der Waals surface area contributed by atoms with Gasteiger partial charge >= 0.3 is 5.97 Å². The van der Waals surface area contributed by atoms with Crippen molar-refractivity contribution >= 4 is 11.9 Å². The molecular weight excluding hydrogens is 301 g/mol. The monoisotopic (exact) mass is 317 g/mol. The predicted octanol–water partition coefficient (Wildman–Crippen LogP) is 2.85. The molecule has 23 heavy (non-hydrogen) atoms. The second kappa shape index (κ2) is 7.40. The van der Waals surface area contributed by atoms with Gasteiger partial charge in [-0.15, -0.1) is 0 Å². The number of carboxylic acids is 1. The summed E-state index contributed by atoms with van der Waals surface area (Å²) in [5.74, 6) is -1.86. The molecule has 6 heteroatoms. The van der Waals surface area contributed by atoms with Crippen LogP contribution in [0.4, 0.5) is 4.39 Å². The molecule has 0 unspecified atom stereocenters. The number of benzene rings is 2. The lowest BCUT2D eigenvalue weighted by molar-refractivity contribution is 0.0697. The summed E-state index contributed by atoms with van der Waals surface area (Å²) >= 11 is 0. The van der Waals surface area contributed by atoms with Gasteiger partial charge < -0.3 is 15.2 Å². The Morgan fingerprint density at radius 3 is 2.57 bits per heavy atom. The SMILES string of the molecule is CCOc1ccc(CNC(=O)c2cccc(C(=O)O)c2)cc1F. The molecule has 1 amide bonds. The highest BCUT2D eigenvalue weighted by Crippen LogP contribution is 2.18. The Morgan fingerprint density at radius 1 is 1.17 bits per heavy atom. The number of halogens is 1. The maximum absolute atomic E-state index is 13.7. The number of hydrogen-bond acceptors (Lipinski definition) is 3. The molecule has 2 rings (SSSR count). The normalized spacial score (nSPS) is 10.2. The lowest BCUT2D eigenvalue weighted by atomic mass is 10.1. The highest BCUT2D eigenvalue weighted by molar-refractivity contribution is 5.97. The predicted molar refractivity (Wildman–Crippen MR) is 82.1 cm³/mol. The number of ether oxygens (including phenoxy) is 1. The van der Waals surface area contributed by atoms with Gasteiger partial charge in [-0.3, -0.25) is 4.79 Å². The standard InChI is InChI=1S/C17H16FNO4/c1-2-23-15-7-6-11(8-14(15)18)10-19-16(20)12-4-3-5-13(9-12)17(21)22/h3-9H,2,10H2,1H3,(H,19,20)(H,21,22). The third kappa shape index (κ3) is 4.29. The van der Waals surface area contributed by atoms with Crippen molar-refractivity contribution in [3.8, 4) is 5.75 Å². The van der Waals surface area contributed by atoms with Crippen LogP contribution in [0.5, 0.6) is 5.75 Å². The van der Waals surface area contributed by atoms with Crippen LogP contribution in [-0.2, 0) is 6.54 Å². The molecular formula is C17H16FNO4. The minimum Gasteiger partial charge on any atom is -0.491 e. The molecule has 0 saturated heterocycles. The van der Waals surface area contributed by atoms with Crippen LogP contribution < -0.4 is 10.1 Å². The Hall–Kier alpha value is -2.89. The zero-order valence-corrected chi connectivity index (χ0v) is 12.5. The first-order valence-corrected chi connectivity index (χ1v) is 7.04. The molecule has 0 fully saturated rings. The number of carbonyl (C=O) groups excluding carboxylic acids is 1. The van der Waals surface area contributed by atoms with Gasteiger partial charge in [-0.05, 0) is 42.8 Å². The van der Waals surface area contributed by atoms with E-state index in [1.165, 1.54) is 36.4 Å². The molecule has 0 saturated carbocycles. The van der Waals surface area contributed by atoms with Gasteiger partial charge in [-0.2, -0.15) is 0 Å². The average Bonchev–Trinajstić information content (AvgIpc) is 2.55. The molecule has 0 bridgehead atoms. The van der Waals surface area contributed by atoms with E-state index in [4.69, 9.17) is 9.84 Å². The van der Waals surface area contributed by atoms with E-state index >= 15 is 0 Å². The highest BCUT2D eigenvalue weighted by Gasteiger charge is 2.10. The smallest absolute Gasteiger partial charge is 0.335 e. The van der Waals surface area contributed by atoms with Gasteiger partial charge in [0.15, 0.2) is 11.6 Å². The van der Waals surface area contributed by atoms with Crippen molar-refractivity contribution in [2.24, 2.45) is 0 Å². The van der Waals surface area contributed by atoms with Gasteiger partial charge in [-0.1, -0.05) is 12.1 Å². The number of amides is 1. The fourth-order valence-corrected chi connectivity index (χ4v) is 2.00. The van der Waals surface area contributed by atoms with Gasteiger partial charge in [0.1, 0.15) is 0 Å². The zero-order chi connectivity index (χ0) is 16.8. The molecule has 0 aliphatic carbocycles. The minimum atomic E-state index is -1.10. The van der Waals surface area contributed by atoms with Crippen molar-refractivity contribution < 1.29 is 23.8 Å². The van der Waals surface area contributed by atoms with Crippen LogP contribution in [-0.4, -0.2) is 23.6 Å². The lowest BCUT2D eigenvalue weighted by Gasteiger charge is -2.08. The topological polar surface area (TPSA) is 75.6 Å². The number of rotatable bonds is 6. The van der Waals surface area contributed by atoms with Crippen LogP contribution in [0.1, 0.15) is 33.2 Å². The molecule has 0 aromatic heterocycles. The lowest BCUT2D eigenvalue weighted by Crippen LogP contribution is -2.23. The van der Waals surface area contributed by atoms with E-state index in [0.717, 1.165) is 0 Å². The average molecular weight is 317 g/mol. The van der Waals surface area contributed by atoms with Crippen LogP contribution >= 0.6 is 0 Å². The van der Waals surface area contributed by atoms with Crippen molar-refractivity contribution in [2.45, 2.75) is 13.5 Å². The third-order valence-corrected chi connectivity index (χ3v) is 3.12. The van der Waals surface area contributed by atoms with Crippen molar-refractivity contribution in [1.82, 2.24) is 5.32 Å². The van der Waals surface area contributed by atoms with Crippen molar-refractivity contribution in [3.63, 3.8) is 0 Å². The molecule has 0 aliphatic heterocycles. The quantitative estimate of drug-likeness (QED) is 0.859. The molecule has 120 valence electrons. The summed E-state index contributed by atoms with van der Waals surface area (Å²) in [6.45, 7) is 2.26. The van der Waals surface area contributed by atoms with E-state index in [2.05, 4.69) is 5.32 Å². The maximum Gasteiger partial charge on any atom is 0.335 e. The molecule has 0 aliphatic rings. The Morgan fingerprint density at radius 2 is 1.91 bits per heavy atom. The zero-order valence-electron chi connectivity index (χ0n) is 12.5. The van der Waals surface area contributed by atoms with Crippen LogP contribution in [0.3, 0.4) is 0 Å². The Balaban J connectivity index is 2.03. The van der Waals surface area contributed by atoms with Gasteiger partial charge in [0.2, 0.25) is 0 Å². The number of hydrogen-bond donors (Lipinski definition) is 2. The first-order valence-electron chi connectivity index (χ1n) is 7.04. The van der Waals surface area contributed by atoms with E-state index in [0.29, 0.717) is 12.2 Å².